The maximum atomic E-state index is 9.39. The zero-order valence-electron chi connectivity index (χ0n) is 10.7. The lowest BCUT2D eigenvalue weighted by molar-refractivity contribution is 0.0576. The van der Waals surface area contributed by atoms with Crippen molar-refractivity contribution in [3.8, 4) is 0 Å². The lowest BCUT2D eigenvalue weighted by atomic mass is 9.69. The first-order valence-electron chi connectivity index (χ1n) is 6.72. The van der Waals surface area contributed by atoms with E-state index in [4.69, 9.17) is 0 Å². The molecule has 1 fully saturated rings. The molecule has 1 aromatic carbocycles. The molecule has 2 N–H and O–H groups in total. The van der Waals surface area contributed by atoms with Crippen molar-refractivity contribution in [2.45, 2.75) is 39.0 Å². The highest BCUT2D eigenvalue weighted by molar-refractivity contribution is 5.45. The average Bonchev–Trinajstić information content (AvgIpc) is 2.31. The van der Waals surface area contributed by atoms with Gasteiger partial charge < -0.3 is 10.4 Å². The summed E-state index contributed by atoms with van der Waals surface area (Å²) in [6, 6.07) is 8.68. The predicted molar refractivity (Wildman–Crippen MR) is 72.3 cm³/mol. The highest BCUT2D eigenvalue weighted by atomic mass is 16.3. The third-order valence-corrected chi connectivity index (χ3v) is 3.91. The topological polar surface area (TPSA) is 32.3 Å². The van der Waals surface area contributed by atoms with E-state index < -0.39 is 0 Å². The first-order valence-corrected chi connectivity index (χ1v) is 6.72. The number of benzene rings is 1. The normalized spacial score (nSPS) is 17.5. The third kappa shape index (κ3) is 3.01. The molecule has 0 heterocycles. The molecule has 2 nitrogen and oxygen atoms in total. The summed E-state index contributed by atoms with van der Waals surface area (Å²) in [4.78, 5) is 0. The quantitative estimate of drug-likeness (QED) is 0.790. The van der Waals surface area contributed by atoms with Gasteiger partial charge in [-0.1, -0.05) is 31.9 Å². The lowest BCUT2D eigenvalue weighted by Gasteiger charge is -2.40. The van der Waals surface area contributed by atoms with Gasteiger partial charge in [0.1, 0.15) is 0 Å². The number of aliphatic hydroxyl groups is 1. The van der Waals surface area contributed by atoms with Crippen LogP contribution in [0.2, 0.25) is 0 Å². The number of hydrogen-bond acceptors (Lipinski definition) is 2. The molecule has 0 atom stereocenters. The number of aryl methyl sites for hydroxylation is 1. The maximum absolute atomic E-state index is 9.39. The van der Waals surface area contributed by atoms with Crippen LogP contribution in [0.1, 0.15) is 38.2 Å². The third-order valence-electron chi connectivity index (χ3n) is 3.91. The molecule has 0 bridgehead atoms. The Kier molecular flexibility index (Phi) is 4.06. The fourth-order valence-electron chi connectivity index (χ4n) is 2.44. The minimum atomic E-state index is 0.155. The number of nitrogens with one attached hydrogen (secondary N) is 1. The molecule has 1 aromatic rings. The fourth-order valence-corrected chi connectivity index (χ4v) is 2.44. The van der Waals surface area contributed by atoms with Crippen LogP contribution in [-0.2, 0) is 6.42 Å². The molecule has 1 saturated carbocycles. The smallest absolute Gasteiger partial charge is 0.0504 e. The van der Waals surface area contributed by atoms with Crippen molar-refractivity contribution in [1.29, 1.82) is 0 Å². The Bertz CT molecular complexity index is 335. The molecule has 0 radical (unpaired) electrons. The van der Waals surface area contributed by atoms with Crippen molar-refractivity contribution in [3.05, 3.63) is 29.8 Å². The number of anilines is 1. The highest BCUT2D eigenvalue weighted by Gasteiger charge is 2.35. The van der Waals surface area contributed by atoms with Gasteiger partial charge in [0.2, 0.25) is 0 Å². The summed E-state index contributed by atoms with van der Waals surface area (Å²) in [5.74, 6) is 0. The van der Waals surface area contributed by atoms with Gasteiger partial charge in [-0.05, 0) is 37.0 Å². The molecule has 0 spiro atoms. The van der Waals surface area contributed by atoms with Crippen LogP contribution in [0.3, 0.4) is 0 Å². The zero-order valence-corrected chi connectivity index (χ0v) is 10.7. The van der Waals surface area contributed by atoms with Crippen LogP contribution in [-0.4, -0.2) is 18.3 Å². The number of aliphatic hydroxyl groups excluding tert-OH is 1. The number of rotatable bonds is 6. The van der Waals surface area contributed by atoms with Gasteiger partial charge in [0.15, 0.2) is 0 Å². The van der Waals surface area contributed by atoms with Crippen LogP contribution in [0.25, 0.3) is 0 Å². The summed E-state index contributed by atoms with van der Waals surface area (Å²) in [6.45, 7) is 3.41. The van der Waals surface area contributed by atoms with Crippen molar-refractivity contribution in [1.82, 2.24) is 0 Å². The SMILES string of the molecule is CCCc1ccc(NCC2(CO)CCC2)cc1. The molecule has 17 heavy (non-hydrogen) atoms. The highest BCUT2D eigenvalue weighted by Crippen LogP contribution is 2.40. The van der Waals surface area contributed by atoms with Crippen LogP contribution in [0.5, 0.6) is 0 Å². The minimum absolute atomic E-state index is 0.155. The largest absolute Gasteiger partial charge is 0.396 e. The second-order valence-corrected chi connectivity index (χ2v) is 5.31. The Hall–Kier alpha value is -1.02. The van der Waals surface area contributed by atoms with Gasteiger partial charge in [0.05, 0.1) is 6.61 Å². The van der Waals surface area contributed by atoms with Crippen LogP contribution in [0.15, 0.2) is 24.3 Å². The molecule has 0 amide bonds. The molecular formula is C15H23NO. The second-order valence-electron chi connectivity index (χ2n) is 5.31. The lowest BCUT2D eigenvalue weighted by Crippen LogP contribution is -2.39. The van der Waals surface area contributed by atoms with Crippen LogP contribution in [0, 0.1) is 5.41 Å². The van der Waals surface area contributed by atoms with Gasteiger partial charge in [-0.2, -0.15) is 0 Å². The fraction of sp³-hybridized carbons (Fsp3) is 0.600. The summed E-state index contributed by atoms with van der Waals surface area (Å²) in [5.41, 5.74) is 2.73. The van der Waals surface area contributed by atoms with E-state index in [2.05, 4.69) is 36.5 Å². The molecule has 94 valence electrons. The standard InChI is InChI=1S/C15H23NO/c1-2-4-13-5-7-14(8-6-13)16-11-15(12-17)9-3-10-15/h5-8,16-17H,2-4,9-12H2,1H3. The minimum Gasteiger partial charge on any atom is -0.396 e. The van der Waals surface area contributed by atoms with Gasteiger partial charge in [-0.3, -0.25) is 0 Å². The summed E-state index contributed by atoms with van der Waals surface area (Å²) in [6.07, 6.45) is 5.92. The Labute approximate surface area is 104 Å². The van der Waals surface area contributed by atoms with Gasteiger partial charge in [-0.15, -0.1) is 0 Å². The van der Waals surface area contributed by atoms with Crippen molar-refractivity contribution in [3.63, 3.8) is 0 Å². The second kappa shape index (κ2) is 5.54. The Morgan fingerprint density at radius 2 is 1.94 bits per heavy atom. The van der Waals surface area contributed by atoms with E-state index in [0.717, 1.165) is 25.8 Å². The Balaban J connectivity index is 1.86. The molecule has 0 aliphatic heterocycles. The first kappa shape index (κ1) is 12.4. The number of hydrogen-bond donors (Lipinski definition) is 2. The van der Waals surface area contributed by atoms with E-state index in [1.165, 1.54) is 24.1 Å². The summed E-state index contributed by atoms with van der Waals surface area (Å²) < 4.78 is 0. The molecule has 0 unspecified atom stereocenters. The van der Waals surface area contributed by atoms with E-state index in [1.54, 1.807) is 0 Å². The van der Waals surface area contributed by atoms with Crippen molar-refractivity contribution >= 4 is 5.69 Å². The molecule has 2 heteroatoms. The Morgan fingerprint density at radius 3 is 2.41 bits per heavy atom. The van der Waals surface area contributed by atoms with Crippen LogP contribution >= 0.6 is 0 Å². The van der Waals surface area contributed by atoms with Gasteiger partial charge >= 0.3 is 0 Å². The predicted octanol–water partition coefficient (Wildman–Crippen LogP) is 3.21. The molecule has 1 aliphatic carbocycles. The Morgan fingerprint density at radius 1 is 1.24 bits per heavy atom. The molecule has 1 aliphatic rings. The van der Waals surface area contributed by atoms with E-state index in [-0.39, 0.29) is 5.41 Å². The van der Waals surface area contributed by atoms with Gasteiger partial charge in [-0.25, -0.2) is 0 Å². The van der Waals surface area contributed by atoms with Gasteiger partial charge in [0, 0.05) is 17.6 Å². The van der Waals surface area contributed by atoms with E-state index in [0.29, 0.717) is 6.61 Å². The van der Waals surface area contributed by atoms with Crippen molar-refractivity contribution < 1.29 is 5.11 Å². The van der Waals surface area contributed by atoms with Crippen molar-refractivity contribution in [2.75, 3.05) is 18.5 Å². The van der Waals surface area contributed by atoms with Crippen LogP contribution < -0.4 is 5.32 Å². The van der Waals surface area contributed by atoms with Crippen LogP contribution in [0.4, 0.5) is 5.69 Å². The average molecular weight is 233 g/mol. The van der Waals surface area contributed by atoms with E-state index in [9.17, 15) is 5.11 Å². The molecule has 2 rings (SSSR count). The zero-order chi connectivity index (χ0) is 12.1. The summed E-state index contributed by atoms with van der Waals surface area (Å²) in [7, 11) is 0. The van der Waals surface area contributed by atoms with Crippen molar-refractivity contribution in [2.24, 2.45) is 5.41 Å². The van der Waals surface area contributed by atoms with E-state index >= 15 is 0 Å². The molecule has 0 aromatic heterocycles. The summed E-state index contributed by atoms with van der Waals surface area (Å²) >= 11 is 0. The maximum Gasteiger partial charge on any atom is 0.0504 e. The molecular weight excluding hydrogens is 210 g/mol. The van der Waals surface area contributed by atoms with E-state index in [1.807, 2.05) is 0 Å². The first-order chi connectivity index (χ1) is 8.28. The summed E-state index contributed by atoms with van der Waals surface area (Å²) in [5, 5.41) is 12.8. The van der Waals surface area contributed by atoms with Gasteiger partial charge in [0.25, 0.3) is 0 Å². The monoisotopic (exact) mass is 233 g/mol. The molecule has 0 saturated heterocycles.